The van der Waals surface area contributed by atoms with Crippen LogP contribution < -0.4 is 10.9 Å². The van der Waals surface area contributed by atoms with Gasteiger partial charge < -0.3 is 23.7 Å². The molecule has 1 aromatic carbocycles. The molecule has 0 saturated heterocycles. The summed E-state index contributed by atoms with van der Waals surface area (Å²) in [6.45, 7) is 11.1. The fourth-order valence-electron chi connectivity index (χ4n) is 3.97. The molecule has 3 aromatic rings. The van der Waals surface area contributed by atoms with Crippen molar-refractivity contribution < 1.29 is 19.4 Å². The number of rotatable bonds is 10. The minimum Gasteiger partial charge on any atom is -0.464 e. The molecule has 36 heavy (non-hydrogen) atoms. The van der Waals surface area contributed by atoms with Crippen molar-refractivity contribution in [2.24, 2.45) is 12.5 Å². The maximum absolute atomic E-state index is 12.6. The topological polar surface area (TPSA) is 108 Å². The van der Waals surface area contributed by atoms with Gasteiger partial charge in [-0.2, -0.15) is 0 Å². The summed E-state index contributed by atoms with van der Waals surface area (Å²) in [5.74, 6) is 0.274. The highest BCUT2D eigenvalue weighted by atomic mass is 16.5. The van der Waals surface area contributed by atoms with Crippen molar-refractivity contribution in [1.29, 1.82) is 0 Å². The summed E-state index contributed by atoms with van der Waals surface area (Å²) in [5, 5.41) is 13.3. The van der Waals surface area contributed by atoms with E-state index in [0.29, 0.717) is 25.3 Å². The zero-order chi connectivity index (χ0) is 26.6. The first kappa shape index (κ1) is 27.6. The monoisotopic (exact) mass is 498 g/mol. The van der Waals surface area contributed by atoms with Gasteiger partial charge >= 0.3 is 5.97 Å². The smallest absolute Gasteiger partial charge is 0.325 e. The molecule has 0 bridgehead atoms. The lowest BCUT2D eigenvalue weighted by Crippen LogP contribution is -2.46. The van der Waals surface area contributed by atoms with Gasteiger partial charge in [-0.1, -0.05) is 26.8 Å². The standard InChI is InChI=1S/C27H38N4O5/c1-17-12-20(15-30(6)25(17)33)24-29-21-13-19(8-9-22(21)31(24)10-11-35-7)14-28-23(18(2)32)26(34)36-16-27(3,4)5/h8-9,12-13,15,18,23,28,32H,10-11,14,16H2,1-7H3. The Bertz CT molecular complexity index is 1240. The minimum absolute atomic E-state index is 0.0413. The number of carbonyl (C=O) groups is 1. The number of methoxy groups -OCH3 is 1. The fraction of sp³-hybridized carbons (Fsp3) is 0.519. The molecule has 0 aliphatic rings. The van der Waals surface area contributed by atoms with Gasteiger partial charge in [-0.25, -0.2) is 4.98 Å². The Morgan fingerprint density at radius 1 is 1.25 bits per heavy atom. The first-order valence-corrected chi connectivity index (χ1v) is 12.1. The van der Waals surface area contributed by atoms with Gasteiger partial charge in [-0.05, 0) is 43.0 Å². The lowest BCUT2D eigenvalue weighted by atomic mass is 9.98. The summed E-state index contributed by atoms with van der Waals surface area (Å²) < 4.78 is 14.4. The third kappa shape index (κ3) is 6.60. The second-order valence-corrected chi connectivity index (χ2v) is 10.5. The molecule has 0 aliphatic carbocycles. The number of esters is 1. The molecule has 3 rings (SSSR count). The number of nitrogens with zero attached hydrogens (tertiary/aromatic N) is 3. The van der Waals surface area contributed by atoms with Crippen LogP contribution in [0.1, 0.15) is 38.8 Å². The number of imidazole rings is 1. The van der Waals surface area contributed by atoms with E-state index in [1.165, 1.54) is 0 Å². The van der Waals surface area contributed by atoms with Crippen molar-refractivity contribution in [3.05, 3.63) is 51.9 Å². The Kier molecular flexibility index (Phi) is 8.71. The molecule has 9 nitrogen and oxygen atoms in total. The van der Waals surface area contributed by atoms with Crippen LogP contribution in [0.2, 0.25) is 0 Å². The molecule has 9 heteroatoms. The summed E-state index contributed by atoms with van der Waals surface area (Å²) in [5.41, 5.74) is 3.93. The highest BCUT2D eigenvalue weighted by Gasteiger charge is 2.26. The molecule has 2 heterocycles. The predicted molar refractivity (Wildman–Crippen MR) is 140 cm³/mol. The number of pyridine rings is 1. The number of aliphatic hydroxyl groups is 1. The molecular formula is C27H38N4O5. The lowest BCUT2D eigenvalue weighted by Gasteiger charge is -2.23. The molecule has 2 atom stereocenters. The number of aromatic nitrogens is 3. The molecular weight excluding hydrogens is 460 g/mol. The molecule has 0 fully saturated rings. The van der Waals surface area contributed by atoms with Crippen LogP contribution in [0.25, 0.3) is 22.4 Å². The zero-order valence-corrected chi connectivity index (χ0v) is 22.3. The molecule has 2 aromatic heterocycles. The number of aryl methyl sites for hydroxylation is 2. The fourth-order valence-corrected chi connectivity index (χ4v) is 3.97. The summed E-state index contributed by atoms with van der Waals surface area (Å²) in [6.07, 6.45) is 0.882. The van der Waals surface area contributed by atoms with Crippen LogP contribution in [0.5, 0.6) is 0 Å². The van der Waals surface area contributed by atoms with Gasteiger partial charge in [0, 0.05) is 44.6 Å². The van der Waals surface area contributed by atoms with Crippen molar-refractivity contribution in [3.63, 3.8) is 0 Å². The molecule has 0 radical (unpaired) electrons. The van der Waals surface area contributed by atoms with Gasteiger partial charge in [0.2, 0.25) is 0 Å². The molecule has 0 spiro atoms. The highest BCUT2D eigenvalue weighted by Crippen LogP contribution is 2.26. The average Bonchev–Trinajstić information content (AvgIpc) is 3.16. The number of fused-ring (bicyclic) bond motifs is 1. The summed E-state index contributed by atoms with van der Waals surface area (Å²) >= 11 is 0. The number of hydrogen-bond acceptors (Lipinski definition) is 7. The Labute approximate surface area is 212 Å². The van der Waals surface area contributed by atoms with E-state index >= 15 is 0 Å². The molecule has 196 valence electrons. The van der Waals surface area contributed by atoms with Crippen LogP contribution in [0.4, 0.5) is 0 Å². The van der Waals surface area contributed by atoms with Gasteiger partial charge in [0.15, 0.2) is 0 Å². The first-order valence-electron chi connectivity index (χ1n) is 12.1. The number of hydrogen-bond donors (Lipinski definition) is 2. The van der Waals surface area contributed by atoms with Crippen molar-refractivity contribution >= 4 is 17.0 Å². The van der Waals surface area contributed by atoms with Gasteiger partial charge in [-0.15, -0.1) is 0 Å². The van der Waals surface area contributed by atoms with Gasteiger partial charge in [-0.3, -0.25) is 14.9 Å². The summed E-state index contributed by atoms with van der Waals surface area (Å²) in [7, 11) is 3.39. The van der Waals surface area contributed by atoms with Crippen LogP contribution in [-0.4, -0.2) is 57.7 Å². The second-order valence-electron chi connectivity index (χ2n) is 10.5. The van der Waals surface area contributed by atoms with Crippen LogP contribution in [0, 0.1) is 12.3 Å². The van der Waals surface area contributed by atoms with E-state index in [0.717, 1.165) is 28.0 Å². The van der Waals surface area contributed by atoms with Crippen LogP contribution in [-0.2, 0) is 34.4 Å². The van der Waals surface area contributed by atoms with Crippen molar-refractivity contribution in [2.75, 3.05) is 20.3 Å². The first-order chi connectivity index (χ1) is 16.9. The van der Waals surface area contributed by atoms with Crippen LogP contribution in [0.15, 0.2) is 35.3 Å². The van der Waals surface area contributed by atoms with E-state index in [-0.39, 0.29) is 17.6 Å². The Balaban J connectivity index is 1.89. The number of ether oxygens (including phenoxy) is 2. The quantitative estimate of drug-likeness (QED) is 0.414. The van der Waals surface area contributed by atoms with E-state index in [4.69, 9.17) is 14.5 Å². The average molecular weight is 499 g/mol. The maximum atomic E-state index is 12.6. The van der Waals surface area contributed by atoms with Crippen LogP contribution in [0.3, 0.4) is 0 Å². The summed E-state index contributed by atoms with van der Waals surface area (Å²) in [6, 6.07) is 6.93. The SMILES string of the molecule is COCCn1c(-c2cc(C)c(=O)n(C)c2)nc2cc(CNC(C(=O)OCC(C)(C)C)C(C)O)ccc21. The highest BCUT2D eigenvalue weighted by molar-refractivity contribution is 5.81. The van der Waals surface area contributed by atoms with Crippen molar-refractivity contribution in [1.82, 2.24) is 19.4 Å². The van der Waals surface area contributed by atoms with E-state index in [9.17, 15) is 14.7 Å². The molecule has 2 unspecified atom stereocenters. The van der Waals surface area contributed by atoms with Crippen molar-refractivity contribution in [3.8, 4) is 11.4 Å². The van der Waals surface area contributed by atoms with Crippen molar-refractivity contribution in [2.45, 2.75) is 59.9 Å². The Morgan fingerprint density at radius 2 is 1.97 bits per heavy atom. The number of nitrogens with one attached hydrogen (secondary N) is 1. The van der Waals surface area contributed by atoms with E-state index in [1.54, 1.807) is 38.8 Å². The second kappa shape index (κ2) is 11.4. The third-order valence-corrected chi connectivity index (χ3v) is 5.86. The number of aliphatic hydroxyl groups excluding tert-OH is 1. The normalized spacial score (nSPS) is 13.7. The number of carbonyl (C=O) groups excluding carboxylic acids is 1. The molecule has 0 aliphatic heterocycles. The Morgan fingerprint density at radius 3 is 2.58 bits per heavy atom. The van der Waals surface area contributed by atoms with Gasteiger partial charge in [0.05, 0.1) is 30.4 Å². The largest absolute Gasteiger partial charge is 0.464 e. The van der Waals surface area contributed by atoms with E-state index in [2.05, 4.69) is 9.88 Å². The van der Waals surface area contributed by atoms with Gasteiger partial charge in [0.25, 0.3) is 5.56 Å². The number of benzene rings is 1. The Hall–Kier alpha value is -3.01. The maximum Gasteiger partial charge on any atom is 0.325 e. The minimum atomic E-state index is -0.908. The molecule has 0 amide bonds. The third-order valence-electron chi connectivity index (χ3n) is 5.86. The van der Waals surface area contributed by atoms with E-state index in [1.807, 2.05) is 45.0 Å². The van der Waals surface area contributed by atoms with Crippen LogP contribution >= 0.6 is 0 Å². The van der Waals surface area contributed by atoms with E-state index < -0.39 is 18.1 Å². The molecule has 0 saturated carbocycles. The molecule has 2 N–H and O–H groups in total. The zero-order valence-electron chi connectivity index (χ0n) is 22.3. The lowest BCUT2D eigenvalue weighted by molar-refractivity contribution is -0.151. The van der Waals surface area contributed by atoms with Gasteiger partial charge in [0.1, 0.15) is 11.9 Å². The predicted octanol–water partition coefficient (Wildman–Crippen LogP) is 2.79. The summed E-state index contributed by atoms with van der Waals surface area (Å²) in [4.78, 5) is 29.6.